The van der Waals surface area contributed by atoms with Crippen LogP contribution in [0.4, 0.5) is 14.9 Å². The molecule has 1 aromatic heterocycles. The van der Waals surface area contributed by atoms with Gasteiger partial charge in [-0.3, -0.25) is 0 Å². The molecule has 3 aromatic rings. The van der Waals surface area contributed by atoms with E-state index < -0.39 is 11.8 Å². The van der Waals surface area contributed by atoms with Crippen LogP contribution in [-0.2, 0) is 6.54 Å². The third kappa shape index (κ3) is 3.17. The number of rotatable bonds is 3. The largest absolute Gasteiger partial charge is 0.340 e. The number of nitrogens with zero attached hydrogens (tertiary/aromatic N) is 1. The predicted molar refractivity (Wildman–Crippen MR) is 78.4 cm³/mol. The zero-order valence-electron chi connectivity index (χ0n) is 11.1. The van der Waals surface area contributed by atoms with Gasteiger partial charge < -0.3 is 15.6 Å². The molecule has 3 N–H and O–H groups in total. The van der Waals surface area contributed by atoms with Crippen molar-refractivity contribution in [2.75, 3.05) is 5.32 Å². The van der Waals surface area contributed by atoms with Gasteiger partial charge in [-0.25, -0.2) is 14.2 Å². The van der Waals surface area contributed by atoms with Gasteiger partial charge in [0.15, 0.2) is 0 Å². The normalized spacial score (nSPS) is 10.5. The number of carbonyl (C=O) groups excluding carboxylic acids is 1. The van der Waals surface area contributed by atoms with Crippen LogP contribution in [0.15, 0.2) is 48.5 Å². The molecule has 0 aliphatic rings. The third-order valence-corrected chi connectivity index (χ3v) is 2.94. The average Bonchev–Trinajstić information content (AvgIpc) is 2.88. The van der Waals surface area contributed by atoms with Crippen molar-refractivity contribution in [1.29, 1.82) is 0 Å². The fourth-order valence-corrected chi connectivity index (χ4v) is 1.99. The van der Waals surface area contributed by atoms with Crippen molar-refractivity contribution in [2.45, 2.75) is 6.54 Å². The molecule has 2 aromatic carbocycles. The van der Waals surface area contributed by atoms with Crippen LogP contribution in [0.2, 0.25) is 0 Å². The van der Waals surface area contributed by atoms with E-state index in [1.54, 1.807) is 6.07 Å². The van der Waals surface area contributed by atoms with Gasteiger partial charge in [0.25, 0.3) is 0 Å². The van der Waals surface area contributed by atoms with Crippen LogP contribution in [-0.4, -0.2) is 16.0 Å². The summed E-state index contributed by atoms with van der Waals surface area (Å²) in [6.07, 6.45) is 0. The molecule has 0 saturated heterocycles. The minimum absolute atomic E-state index is 0.260. The Labute approximate surface area is 120 Å². The highest BCUT2D eigenvalue weighted by Crippen LogP contribution is 2.11. The summed E-state index contributed by atoms with van der Waals surface area (Å²) in [5.41, 5.74) is 2.16. The number of H-pyrrole nitrogens is 1. The molecule has 21 heavy (non-hydrogen) atoms. The van der Waals surface area contributed by atoms with Gasteiger partial charge in [-0.1, -0.05) is 18.2 Å². The van der Waals surface area contributed by atoms with Gasteiger partial charge in [-0.05, 0) is 30.3 Å². The molecule has 5 nitrogen and oxygen atoms in total. The molecule has 106 valence electrons. The van der Waals surface area contributed by atoms with Crippen LogP contribution in [0.5, 0.6) is 0 Å². The number of nitrogens with one attached hydrogen (secondary N) is 3. The van der Waals surface area contributed by atoms with Gasteiger partial charge in [-0.2, -0.15) is 0 Å². The maximum Gasteiger partial charge on any atom is 0.319 e. The quantitative estimate of drug-likeness (QED) is 0.692. The first-order valence-electron chi connectivity index (χ1n) is 6.45. The molecule has 1 heterocycles. The van der Waals surface area contributed by atoms with E-state index in [-0.39, 0.29) is 6.54 Å². The molecule has 0 bridgehead atoms. The summed E-state index contributed by atoms with van der Waals surface area (Å²) in [5, 5.41) is 5.22. The number of anilines is 1. The number of hydrogen-bond donors (Lipinski definition) is 3. The molecular formula is C15H13FN4O. The second kappa shape index (κ2) is 5.62. The van der Waals surface area contributed by atoms with E-state index >= 15 is 0 Å². The number of halogens is 1. The lowest BCUT2D eigenvalue weighted by Gasteiger charge is -2.06. The second-order valence-corrected chi connectivity index (χ2v) is 4.52. The van der Waals surface area contributed by atoms with Crippen molar-refractivity contribution in [3.05, 3.63) is 60.2 Å². The zero-order chi connectivity index (χ0) is 14.7. The third-order valence-electron chi connectivity index (χ3n) is 2.94. The van der Waals surface area contributed by atoms with Crippen LogP contribution in [0.3, 0.4) is 0 Å². The lowest BCUT2D eigenvalue weighted by atomic mass is 10.3. The number of carbonyl (C=O) groups is 1. The smallest absolute Gasteiger partial charge is 0.319 e. The highest BCUT2D eigenvalue weighted by atomic mass is 19.1. The van der Waals surface area contributed by atoms with E-state index in [0.717, 1.165) is 11.0 Å². The molecule has 3 rings (SSSR count). The Morgan fingerprint density at radius 1 is 1.19 bits per heavy atom. The summed E-state index contributed by atoms with van der Waals surface area (Å²) < 4.78 is 13.0. The van der Waals surface area contributed by atoms with Crippen molar-refractivity contribution in [1.82, 2.24) is 15.3 Å². The molecule has 0 atom stereocenters. The minimum atomic E-state index is -0.416. The number of para-hydroxylation sites is 2. The maximum atomic E-state index is 13.0. The Kier molecular flexibility index (Phi) is 3.51. The standard InChI is InChI=1S/C15H13FN4O/c16-10-4-3-5-11(8-10)18-15(21)17-9-14-19-12-6-1-2-7-13(12)20-14/h1-8H,9H2,(H,19,20)(H2,17,18,21). The number of aromatic nitrogens is 2. The lowest BCUT2D eigenvalue weighted by Crippen LogP contribution is -2.28. The number of aromatic amines is 1. The fourth-order valence-electron chi connectivity index (χ4n) is 1.99. The zero-order valence-corrected chi connectivity index (χ0v) is 11.1. The number of hydrogen-bond acceptors (Lipinski definition) is 2. The molecule has 0 radical (unpaired) electrons. The SMILES string of the molecule is O=C(NCc1nc2ccccc2[nH]1)Nc1cccc(F)c1. The molecular weight excluding hydrogens is 271 g/mol. The van der Waals surface area contributed by atoms with Gasteiger partial charge in [0.05, 0.1) is 17.6 Å². The monoisotopic (exact) mass is 284 g/mol. The number of amides is 2. The number of fused-ring (bicyclic) bond motifs is 1. The van der Waals surface area contributed by atoms with Crippen molar-refractivity contribution in [2.24, 2.45) is 0 Å². The highest BCUT2D eigenvalue weighted by Gasteiger charge is 2.05. The molecule has 0 spiro atoms. The first kappa shape index (κ1) is 13.1. The second-order valence-electron chi connectivity index (χ2n) is 4.52. The Balaban J connectivity index is 1.60. The van der Waals surface area contributed by atoms with Crippen molar-refractivity contribution in [3.63, 3.8) is 0 Å². The Morgan fingerprint density at radius 3 is 2.86 bits per heavy atom. The summed E-state index contributed by atoms with van der Waals surface area (Å²) in [6, 6.07) is 12.9. The van der Waals surface area contributed by atoms with Gasteiger partial charge in [0.1, 0.15) is 11.6 Å². The van der Waals surface area contributed by atoms with E-state index in [4.69, 9.17) is 0 Å². The predicted octanol–water partition coefficient (Wildman–Crippen LogP) is 3.02. The summed E-state index contributed by atoms with van der Waals surface area (Å²) in [5.74, 6) is 0.260. The van der Waals surface area contributed by atoms with Crippen LogP contribution < -0.4 is 10.6 Å². The van der Waals surface area contributed by atoms with E-state index in [1.807, 2.05) is 24.3 Å². The average molecular weight is 284 g/mol. The molecule has 0 aliphatic carbocycles. The Morgan fingerprint density at radius 2 is 2.05 bits per heavy atom. The van der Waals surface area contributed by atoms with Gasteiger partial charge in [0, 0.05) is 5.69 Å². The molecule has 0 unspecified atom stereocenters. The van der Waals surface area contributed by atoms with Crippen LogP contribution >= 0.6 is 0 Å². The number of imidazole rings is 1. The van der Waals surface area contributed by atoms with E-state index in [0.29, 0.717) is 11.5 Å². The fraction of sp³-hybridized carbons (Fsp3) is 0.0667. The Hall–Kier alpha value is -2.89. The van der Waals surface area contributed by atoms with E-state index in [9.17, 15) is 9.18 Å². The molecule has 0 fully saturated rings. The molecule has 0 aliphatic heterocycles. The van der Waals surface area contributed by atoms with Crippen LogP contribution in [0, 0.1) is 5.82 Å². The highest BCUT2D eigenvalue weighted by molar-refractivity contribution is 5.89. The van der Waals surface area contributed by atoms with Gasteiger partial charge in [-0.15, -0.1) is 0 Å². The Bertz CT molecular complexity index is 751. The van der Waals surface area contributed by atoms with Crippen molar-refractivity contribution >= 4 is 22.8 Å². The summed E-state index contributed by atoms with van der Waals surface area (Å²) in [7, 11) is 0. The molecule has 2 amide bonds. The summed E-state index contributed by atoms with van der Waals surface area (Å²) >= 11 is 0. The minimum Gasteiger partial charge on any atom is -0.340 e. The maximum absolute atomic E-state index is 13.0. The first-order chi connectivity index (χ1) is 10.2. The van der Waals surface area contributed by atoms with E-state index in [1.165, 1.54) is 18.2 Å². The molecule has 6 heteroatoms. The summed E-state index contributed by atoms with van der Waals surface area (Å²) in [6.45, 7) is 0.260. The van der Waals surface area contributed by atoms with Crippen LogP contribution in [0.1, 0.15) is 5.82 Å². The lowest BCUT2D eigenvalue weighted by molar-refractivity contribution is 0.251. The summed E-state index contributed by atoms with van der Waals surface area (Å²) in [4.78, 5) is 19.2. The van der Waals surface area contributed by atoms with Gasteiger partial charge in [0.2, 0.25) is 0 Å². The number of benzene rings is 2. The topological polar surface area (TPSA) is 69.8 Å². The van der Waals surface area contributed by atoms with E-state index in [2.05, 4.69) is 20.6 Å². The number of urea groups is 1. The first-order valence-corrected chi connectivity index (χ1v) is 6.45. The van der Waals surface area contributed by atoms with Crippen LogP contribution in [0.25, 0.3) is 11.0 Å². The van der Waals surface area contributed by atoms with Crippen molar-refractivity contribution < 1.29 is 9.18 Å². The van der Waals surface area contributed by atoms with Crippen molar-refractivity contribution in [3.8, 4) is 0 Å². The van der Waals surface area contributed by atoms with Gasteiger partial charge >= 0.3 is 6.03 Å². The molecule has 0 saturated carbocycles.